The smallest absolute Gasteiger partial charge is 0.272 e. The first-order valence-corrected chi connectivity index (χ1v) is 9.16. The lowest BCUT2D eigenvalue weighted by molar-refractivity contribution is -0.147. The number of piperidine rings is 1. The summed E-state index contributed by atoms with van der Waals surface area (Å²) in [5.74, 6) is 0.792. The Morgan fingerprint density at radius 3 is 3.08 bits per heavy atom. The number of likely N-dealkylation sites (tertiary alicyclic amines) is 1. The standard InChI is InChI=1S/C19H26N2O3/c22-18(16-4-1-2-9-20-16)21-10-7-17-19(13-21,8-3-11-24-17)14-23-12-15-5-6-15/h1-2,4,9,15,17H,3,5-8,10-14H2/t17-,19+/m0/s1. The molecule has 1 saturated carbocycles. The van der Waals surface area contributed by atoms with Crippen LogP contribution in [-0.4, -0.2) is 54.8 Å². The Bertz CT molecular complexity index is 575. The van der Waals surface area contributed by atoms with E-state index in [1.54, 1.807) is 12.3 Å². The van der Waals surface area contributed by atoms with Gasteiger partial charge in [0.2, 0.25) is 0 Å². The van der Waals surface area contributed by atoms with Crippen LogP contribution in [0.3, 0.4) is 0 Å². The lowest BCUT2D eigenvalue weighted by Gasteiger charge is -2.50. The lowest BCUT2D eigenvalue weighted by Crippen LogP contribution is -2.58. The fourth-order valence-corrected chi connectivity index (χ4v) is 4.04. The van der Waals surface area contributed by atoms with Gasteiger partial charge in [-0.2, -0.15) is 0 Å². The molecule has 2 atom stereocenters. The van der Waals surface area contributed by atoms with Gasteiger partial charge in [0.15, 0.2) is 0 Å². The molecule has 4 rings (SSSR count). The third kappa shape index (κ3) is 3.33. The zero-order chi connectivity index (χ0) is 16.4. The fourth-order valence-electron chi connectivity index (χ4n) is 4.04. The summed E-state index contributed by atoms with van der Waals surface area (Å²) in [6.07, 6.45) is 7.53. The van der Waals surface area contributed by atoms with Gasteiger partial charge in [-0.25, -0.2) is 0 Å². The second-order valence-electron chi connectivity index (χ2n) is 7.51. The predicted octanol–water partition coefficient (Wildman–Crippen LogP) is 2.52. The molecule has 0 radical (unpaired) electrons. The average Bonchev–Trinajstić information content (AvgIpc) is 3.45. The maximum absolute atomic E-state index is 12.8. The number of hydrogen-bond acceptors (Lipinski definition) is 4. The number of ether oxygens (including phenoxy) is 2. The van der Waals surface area contributed by atoms with Crippen LogP contribution in [0.1, 0.15) is 42.6 Å². The van der Waals surface area contributed by atoms with Crippen molar-refractivity contribution in [2.75, 3.05) is 32.9 Å². The maximum atomic E-state index is 12.8. The zero-order valence-corrected chi connectivity index (χ0v) is 14.2. The number of pyridine rings is 1. The molecule has 0 bridgehead atoms. The van der Waals surface area contributed by atoms with Crippen LogP contribution in [0.4, 0.5) is 0 Å². The Hall–Kier alpha value is -1.46. The summed E-state index contributed by atoms with van der Waals surface area (Å²) in [5.41, 5.74) is 0.484. The molecule has 24 heavy (non-hydrogen) atoms. The van der Waals surface area contributed by atoms with Crippen LogP contribution in [0.5, 0.6) is 0 Å². The summed E-state index contributed by atoms with van der Waals surface area (Å²) in [6.45, 7) is 3.87. The van der Waals surface area contributed by atoms with Gasteiger partial charge in [-0.15, -0.1) is 0 Å². The van der Waals surface area contributed by atoms with Gasteiger partial charge < -0.3 is 14.4 Å². The van der Waals surface area contributed by atoms with Gasteiger partial charge in [-0.1, -0.05) is 6.07 Å². The van der Waals surface area contributed by atoms with E-state index in [1.165, 1.54) is 12.8 Å². The molecular weight excluding hydrogens is 304 g/mol. The van der Waals surface area contributed by atoms with Gasteiger partial charge >= 0.3 is 0 Å². The van der Waals surface area contributed by atoms with E-state index in [1.807, 2.05) is 17.0 Å². The van der Waals surface area contributed by atoms with Crippen molar-refractivity contribution < 1.29 is 14.3 Å². The second kappa shape index (κ2) is 6.81. The Morgan fingerprint density at radius 2 is 2.29 bits per heavy atom. The number of carbonyl (C=O) groups is 1. The van der Waals surface area contributed by atoms with Gasteiger partial charge in [0.25, 0.3) is 5.91 Å². The van der Waals surface area contributed by atoms with Crippen molar-refractivity contribution in [2.24, 2.45) is 11.3 Å². The van der Waals surface area contributed by atoms with Crippen molar-refractivity contribution in [1.29, 1.82) is 0 Å². The summed E-state index contributed by atoms with van der Waals surface area (Å²) in [6, 6.07) is 5.50. The molecule has 5 nitrogen and oxygen atoms in total. The number of hydrogen-bond donors (Lipinski definition) is 0. The number of aromatic nitrogens is 1. The van der Waals surface area contributed by atoms with Crippen molar-refractivity contribution in [3.05, 3.63) is 30.1 Å². The summed E-state index contributed by atoms with van der Waals surface area (Å²) >= 11 is 0. The third-order valence-corrected chi connectivity index (χ3v) is 5.60. The lowest BCUT2D eigenvalue weighted by atomic mass is 9.73. The number of rotatable bonds is 5. The van der Waals surface area contributed by atoms with E-state index < -0.39 is 0 Å². The van der Waals surface area contributed by atoms with Crippen LogP contribution >= 0.6 is 0 Å². The molecule has 1 aromatic heterocycles. The molecule has 0 unspecified atom stereocenters. The molecular formula is C19H26N2O3. The molecule has 1 aliphatic carbocycles. The summed E-state index contributed by atoms with van der Waals surface area (Å²) in [7, 11) is 0. The van der Waals surface area contributed by atoms with Crippen molar-refractivity contribution in [2.45, 2.75) is 38.2 Å². The SMILES string of the molecule is O=C(c1ccccn1)N1CC[C@@H]2OCCC[C@]2(COCC2CC2)C1. The van der Waals surface area contributed by atoms with Gasteiger partial charge in [0.1, 0.15) is 5.69 Å². The van der Waals surface area contributed by atoms with E-state index in [4.69, 9.17) is 9.47 Å². The van der Waals surface area contributed by atoms with Crippen LogP contribution in [0.25, 0.3) is 0 Å². The zero-order valence-electron chi connectivity index (χ0n) is 14.2. The Kier molecular flexibility index (Phi) is 4.55. The average molecular weight is 330 g/mol. The highest BCUT2D eigenvalue weighted by atomic mass is 16.5. The van der Waals surface area contributed by atoms with E-state index >= 15 is 0 Å². The molecule has 2 aliphatic heterocycles. The van der Waals surface area contributed by atoms with Crippen LogP contribution in [-0.2, 0) is 9.47 Å². The predicted molar refractivity (Wildman–Crippen MR) is 89.7 cm³/mol. The molecule has 3 heterocycles. The highest BCUT2D eigenvalue weighted by Crippen LogP contribution is 2.41. The van der Waals surface area contributed by atoms with E-state index in [-0.39, 0.29) is 17.4 Å². The number of carbonyl (C=O) groups excluding carboxylic acids is 1. The maximum Gasteiger partial charge on any atom is 0.272 e. The van der Waals surface area contributed by atoms with Crippen molar-refractivity contribution in [3.63, 3.8) is 0 Å². The van der Waals surface area contributed by atoms with Crippen LogP contribution in [0.2, 0.25) is 0 Å². The molecule has 0 aromatic carbocycles. The minimum absolute atomic E-state index is 0.0289. The molecule has 130 valence electrons. The highest BCUT2D eigenvalue weighted by Gasteiger charge is 2.47. The monoisotopic (exact) mass is 330 g/mol. The molecule has 1 aromatic rings. The summed E-state index contributed by atoms with van der Waals surface area (Å²) < 4.78 is 12.1. The van der Waals surface area contributed by atoms with Crippen LogP contribution in [0.15, 0.2) is 24.4 Å². The quantitative estimate of drug-likeness (QED) is 0.832. The summed E-state index contributed by atoms with van der Waals surface area (Å²) in [4.78, 5) is 19.0. The number of fused-ring (bicyclic) bond motifs is 1. The third-order valence-electron chi connectivity index (χ3n) is 5.60. The topological polar surface area (TPSA) is 51.7 Å². The van der Waals surface area contributed by atoms with Crippen molar-refractivity contribution >= 4 is 5.91 Å². The Morgan fingerprint density at radius 1 is 1.38 bits per heavy atom. The summed E-state index contributed by atoms with van der Waals surface area (Å²) in [5, 5.41) is 0. The van der Waals surface area contributed by atoms with Gasteiger partial charge in [-0.05, 0) is 50.2 Å². The van der Waals surface area contributed by atoms with Gasteiger partial charge in [0, 0.05) is 37.9 Å². The Labute approximate surface area is 143 Å². The second-order valence-corrected chi connectivity index (χ2v) is 7.51. The van der Waals surface area contributed by atoms with E-state index in [2.05, 4.69) is 4.98 Å². The normalized spacial score (nSPS) is 30.0. The first-order chi connectivity index (χ1) is 11.8. The first kappa shape index (κ1) is 16.0. The Balaban J connectivity index is 1.46. The number of nitrogens with zero attached hydrogens (tertiary/aromatic N) is 2. The molecule has 1 amide bonds. The van der Waals surface area contributed by atoms with E-state index in [0.29, 0.717) is 12.3 Å². The van der Waals surface area contributed by atoms with Gasteiger partial charge in [0.05, 0.1) is 12.7 Å². The fraction of sp³-hybridized carbons (Fsp3) is 0.684. The first-order valence-electron chi connectivity index (χ1n) is 9.16. The van der Waals surface area contributed by atoms with Crippen LogP contribution < -0.4 is 0 Å². The molecule has 3 aliphatic rings. The van der Waals surface area contributed by atoms with E-state index in [9.17, 15) is 4.79 Å². The largest absolute Gasteiger partial charge is 0.380 e. The van der Waals surface area contributed by atoms with Gasteiger partial charge in [-0.3, -0.25) is 9.78 Å². The molecule has 3 fully saturated rings. The molecule has 0 spiro atoms. The number of amides is 1. The van der Waals surface area contributed by atoms with E-state index in [0.717, 1.165) is 51.5 Å². The van der Waals surface area contributed by atoms with Crippen LogP contribution in [0, 0.1) is 11.3 Å². The van der Waals surface area contributed by atoms with Crippen molar-refractivity contribution in [3.8, 4) is 0 Å². The molecule has 0 N–H and O–H groups in total. The van der Waals surface area contributed by atoms with Crippen molar-refractivity contribution in [1.82, 2.24) is 9.88 Å². The highest BCUT2D eigenvalue weighted by molar-refractivity contribution is 5.92. The minimum atomic E-state index is -0.0458. The molecule has 2 saturated heterocycles. The minimum Gasteiger partial charge on any atom is -0.380 e. The molecule has 5 heteroatoms.